The maximum absolute atomic E-state index is 12.2. The van der Waals surface area contributed by atoms with Gasteiger partial charge in [-0.2, -0.15) is 0 Å². The first-order valence-electron chi connectivity index (χ1n) is 7.25. The van der Waals surface area contributed by atoms with E-state index in [-0.39, 0.29) is 5.78 Å². The van der Waals surface area contributed by atoms with E-state index in [1.54, 1.807) is 6.20 Å². The summed E-state index contributed by atoms with van der Waals surface area (Å²) in [4.78, 5) is 16.6. The fourth-order valence-corrected chi connectivity index (χ4v) is 2.47. The number of benzene rings is 2. The molecule has 2 aromatic carbocycles. The van der Waals surface area contributed by atoms with Gasteiger partial charge < -0.3 is 0 Å². The van der Waals surface area contributed by atoms with E-state index in [9.17, 15) is 4.79 Å². The molecule has 0 radical (unpaired) electrons. The van der Waals surface area contributed by atoms with Crippen molar-refractivity contribution in [2.75, 3.05) is 0 Å². The van der Waals surface area contributed by atoms with Crippen molar-refractivity contribution in [3.8, 4) is 0 Å². The van der Waals surface area contributed by atoms with Gasteiger partial charge in [0.25, 0.3) is 0 Å². The molecule has 0 aliphatic heterocycles. The van der Waals surface area contributed by atoms with Gasteiger partial charge in [0, 0.05) is 23.6 Å². The van der Waals surface area contributed by atoms with Crippen molar-refractivity contribution in [3.63, 3.8) is 0 Å². The highest BCUT2D eigenvalue weighted by Crippen LogP contribution is 2.15. The smallest absolute Gasteiger partial charge is 0.164 e. The van der Waals surface area contributed by atoms with Gasteiger partial charge in [-0.3, -0.25) is 9.78 Å². The molecule has 1 heterocycles. The molecule has 0 aliphatic carbocycles. The van der Waals surface area contributed by atoms with Gasteiger partial charge in [-0.15, -0.1) is 0 Å². The van der Waals surface area contributed by atoms with E-state index in [4.69, 9.17) is 0 Å². The number of pyridine rings is 1. The van der Waals surface area contributed by atoms with Crippen LogP contribution in [0.5, 0.6) is 0 Å². The molecule has 1 aromatic heterocycles. The first-order chi connectivity index (χ1) is 10.3. The second-order valence-corrected chi connectivity index (χ2v) is 5.18. The summed E-state index contributed by atoms with van der Waals surface area (Å²) >= 11 is 0. The van der Waals surface area contributed by atoms with Gasteiger partial charge in [-0.05, 0) is 30.5 Å². The fraction of sp³-hybridized carbons (Fsp3) is 0.158. The van der Waals surface area contributed by atoms with Crippen LogP contribution in [0.1, 0.15) is 28.8 Å². The van der Waals surface area contributed by atoms with Gasteiger partial charge >= 0.3 is 0 Å². The minimum atomic E-state index is 0.171. The highest BCUT2D eigenvalue weighted by molar-refractivity contribution is 5.98. The maximum atomic E-state index is 12.2. The quantitative estimate of drug-likeness (QED) is 0.644. The number of rotatable bonds is 5. The van der Waals surface area contributed by atoms with Gasteiger partial charge in [0.15, 0.2) is 5.78 Å². The molecule has 0 spiro atoms. The summed E-state index contributed by atoms with van der Waals surface area (Å²) in [5, 5.41) is 1.02. The van der Waals surface area contributed by atoms with Crippen LogP contribution in [-0.2, 0) is 6.42 Å². The van der Waals surface area contributed by atoms with Crippen molar-refractivity contribution in [1.82, 2.24) is 4.98 Å². The van der Waals surface area contributed by atoms with Crippen LogP contribution in [0.3, 0.4) is 0 Å². The highest BCUT2D eigenvalue weighted by atomic mass is 16.1. The molecule has 0 saturated carbocycles. The SMILES string of the molecule is O=C(CCCc1ccccc1)c1cnc2ccccc2c1. The highest BCUT2D eigenvalue weighted by Gasteiger charge is 2.07. The van der Waals surface area contributed by atoms with Crippen molar-refractivity contribution in [1.29, 1.82) is 0 Å². The summed E-state index contributed by atoms with van der Waals surface area (Å²) in [6, 6.07) is 20.1. The van der Waals surface area contributed by atoms with Gasteiger partial charge in [0.2, 0.25) is 0 Å². The van der Waals surface area contributed by atoms with Crippen molar-refractivity contribution >= 4 is 16.7 Å². The molecule has 2 nitrogen and oxygen atoms in total. The summed E-state index contributed by atoms with van der Waals surface area (Å²) in [6.07, 6.45) is 4.06. The van der Waals surface area contributed by atoms with Crippen LogP contribution in [0.2, 0.25) is 0 Å². The second-order valence-electron chi connectivity index (χ2n) is 5.18. The number of nitrogens with zero attached hydrogens (tertiary/aromatic N) is 1. The molecular formula is C19H17NO. The number of Topliss-reactive ketones (excluding diaryl/α,β-unsaturated/α-hetero) is 1. The molecule has 0 aliphatic rings. The molecule has 0 saturated heterocycles. The van der Waals surface area contributed by atoms with Gasteiger partial charge in [-0.1, -0.05) is 48.5 Å². The monoisotopic (exact) mass is 275 g/mol. The molecule has 0 fully saturated rings. The number of hydrogen-bond acceptors (Lipinski definition) is 2. The van der Waals surface area contributed by atoms with Crippen molar-refractivity contribution in [3.05, 3.63) is 78.0 Å². The first-order valence-corrected chi connectivity index (χ1v) is 7.25. The van der Waals surface area contributed by atoms with Crippen LogP contribution in [-0.4, -0.2) is 10.8 Å². The summed E-state index contributed by atoms with van der Waals surface area (Å²) in [6.45, 7) is 0. The topological polar surface area (TPSA) is 30.0 Å². The molecule has 0 bridgehead atoms. The van der Waals surface area contributed by atoms with E-state index in [2.05, 4.69) is 17.1 Å². The second kappa shape index (κ2) is 6.31. The van der Waals surface area contributed by atoms with Crippen LogP contribution in [0.4, 0.5) is 0 Å². The average molecular weight is 275 g/mol. The predicted molar refractivity (Wildman–Crippen MR) is 85.5 cm³/mol. The third-order valence-corrected chi connectivity index (χ3v) is 3.62. The van der Waals surface area contributed by atoms with Gasteiger partial charge in [0.05, 0.1) is 5.52 Å². The normalized spacial score (nSPS) is 10.7. The maximum Gasteiger partial charge on any atom is 0.164 e. The zero-order valence-electron chi connectivity index (χ0n) is 11.8. The van der Waals surface area contributed by atoms with Crippen molar-refractivity contribution in [2.24, 2.45) is 0 Å². The van der Waals surface area contributed by atoms with Crippen molar-refractivity contribution < 1.29 is 4.79 Å². The molecule has 104 valence electrons. The van der Waals surface area contributed by atoms with E-state index >= 15 is 0 Å². The van der Waals surface area contributed by atoms with E-state index in [1.165, 1.54) is 5.56 Å². The van der Waals surface area contributed by atoms with E-state index in [0.29, 0.717) is 12.0 Å². The van der Waals surface area contributed by atoms with Crippen LogP contribution >= 0.6 is 0 Å². The lowest BCUT2D eigenvalue weighted by atomic mass is 10.0. The molecule has 21 heavy (non-hydrogen) atoms. The number of ketones is 1. The number of aromatic nitrogens is 1. The number of fused-ring (bicyclic) bond motifs is 1. The van der Waals surface area contributed by atoms with Crippen LogP contribution in [0.15, 0.2) is 66.9 Å². The Morgan fingerprint density at radius 1 is 0.952 bits per heavy atom. The Morgan fingerprint density at radius 2 is 1.71 bits per heavy atom. The summed E-state index contributed by atoms with van der Waals surface area (Å²) in [5.74, 6) is 0.171. The van der Waals surface area contributed by atoms with Gasteiger partial charge in [-0.25, -0.2) is 0 Å². The lowest BCUT2D eigenvalue weighted by molar-refractivity contribution is 0.0980. The summed E-state index contributed by atoms with van der Waals surface area (Å²) < 4.78 is 0. The average Bonchev–Trinajstić information content (AvgIpc) is 2.55. The minimum Gasteiger partial charge on any atom is -0.294 e. The number of aryl methyl sites for hydroxylation is 1. The largest absolute Gasteiger partial charge is 0.294 e. The van der Waals surface area contributed by atoms with Crippen LogP contribution < -0.4 is 0 Å². The number of para-hydroxylation sites is 1. The molecule has 3 aromatic rings. The molecular weight excluding hydrogens is 258 g/mol. The summed E-state index contributed by atoms with van der Waals surface area (Å²) in [7, 11) is 0. The Morgan fingerprint density at radius 3 is 2.57 bits per heavy atom. The molecule has 0 atom stereocenters. The Bertz CT molecular complexity index is 750. The molecule has 3 rings (SSSR count). The number of carbonyl (C=O) groups excluding carboxylic acids is 1. The third kappa shape index (κ3) is 3.34. The number of carbonyl (C=O) groups is 1. The third-order valence-electron chi connectivity index (χ3n) is 3.62. The molecule has 2 heteroatoms. The molecule has 0 amide bonds. The Balaban J connectivity index is 1.64. The fourth-order valence-electron chi connectivity index (χ4n) is 2.47. The van der Waals surface area contributed by atoms with E-state index < -0.39 is 0 Å². The standard InChI is InChI=1S/C19H17NO/c21-19(12-6-9-15-7-2-1-3-8-15)17-13-16-10-4-5-11-18(16)20-14-17/h1-5,7-8,10-11,13-14H,6,9,12H2. The Kier molecular flexibility index (Phi) is 4.06. The summed E-state index contributed by atoms with van der Waals surface area (Å²) in [5.41, 5.74) is 2.92. The zero-order valence-corrected chi connectivity index (χ0v) is 11.8. The lowest BCUT2D eigenvalue weighted by Crippen LogP contribution is -2.01. The molecule has 0 N–H and O–H groups in total. The van der Waals surface area contributed by atoms with Gasteiger partial charge in [0.1, 0.15) is 0 Å². The zero-order chi connectivity index (χ0) is 14.5. The number of hydrogen-bond donors (Lipinski definition) is 0. The molecule has 0 unspecified atom stereocenters. The predicted octanol–water partition coefficient (Wildman–Crippen LogP) is 4.44. The van der Waals surface area contributed by atoms with E-state index in [0.717, 1.165) is 23.7 Å². The van der Waals surface area contributed by atoms with E-state index in [1.807, 2.05) is 48.5 Å². The van der Waals surface area contributed by atoms with Crippen molar-refractivity contribution in [2.45, 2.75) is 19.3 Å². The van der Waals surface area contributed by atoms with Crippen LogP contribution in [0.25, 0.3) is 10.9 Å². The minimum absolute atomic E-state index is 0.171. The Labute approximate surface area is 124 Å². The Hall–Kier alpha value is -2.48. The first kappa shape index (κ1) is 13.5. The lowest BCUT2D eigenvalue weighted by Gasteiger charge is -2.03. The van der Waals surface area contributed by atoms with Crippen LogP contribution in [0, 0.1) is 0 Å².